The van der Waals surface area contributed by atoms with Gasteiger partial charge in [-0.3, -0.25) is 4.79 Å². The molecule has 0 aromatic heterocycles. The highest BCUT2D eigenvalue weighted by Gasteiger charge is 2.21. The average molecular weight is 351 g/mol. The van der Waals surface area contributed by atoms with Crippen molar-refractivity contribution in [2.75, 3.05) is 13.7 Å². The first-order chi connectivity index (χ1) is 10.1. The van der Waals surface area contributed by atoms with Gasteiger partial charge in [-0.2, -0.15) is 0 Å². The number of methoxy groups -OCH3 is 1. The number of carbonyl (C=O) groups is 1. The van der Waals surface area contributed by atoms with Gasteiger partial charge in [-0.05, 0) is 39.7 Å². The number of ether oxygens (including phenoxy) is 2. The van der Waals surface area contributed by atoms with E-state index in [4.69, 9.17) is 9.47 Å². The predicted molar refractivity (Wildman–Crippen MR) is 83.0 cm³/mol. The Balaban J connectivity index is 2.11. The van der Waals surface area contributed by atoms with Crippen LogP contribution in [0.5, 0.6) is 11.5 Å². The van der Waals surface area contributed by atoms with Gasteiger partial charge in [-0.15, -0.1) is 0 Å². The lowest BCUT2D eigenvalue weighted by Gasteiger charge is -2.15. The van der Waals surface area contributed by atoms with E-state index in [0.717, 1.165) is 10.0 Å². The van der Waals surface area contributed by atoms with Crippen LogP contribution in [0.4, 0.5) is 0 Å². The highest BCUT2D eigenvalue weighted by molar-refractivity contribution is 9.10. The number of hydrogen-bond donors (Lipinski definition) is 1. The summed E-state index contributed by atoms with van der Waals surface area (Å²) in [6.45, 7) is 0.0598. The van der Waals surface area contributed by atoms with Crippen molar-refractivity contribution in [1.82, 2.24) is 0 Å². The summed E-state index contributed by atoms with van der Waals surface area (Å²) in [5, 5.41) is 9.34. The van der Waals surface area contributed by atoms with Crippen molar-refractivity contribution in [2.45, 2.75) is 5.92 Å². The largest absolute Gasteiger partial charge is 0.497 e. The molecule has 1 unspecified atom stereocenters. The second-order valence-corrected chi connectivity index (χ2v) is 5.26. The maximum absolute atomic E-state index is 11.4. The molecule has 4 nitrogen and oxygen atoms in total. The highest BCUT2D eigenvalue weighted by atomic mass is 79.9. The molecule has 110 valence electrons. The van der Waals surface area contributed by atoms with E-state index in [0.29, 0.717) is 11.5 Å². The molecular weight excluding hydrogens is 336 g/mol. The summed E-state index contributed by atoms with van der Waals surface area (Å²) in [5.41, 5.74) is 0.717. The zero-order chi connectivity index (χ0) is 15.2. The van der Waals surface area contributed by atoms with Crippen molar-refractivity contribution in [3.8, 4) is 11.5 Å². The lowest BCUT2D eigenvalue weighted by Crippen LogP contribution is -2.19. The molecule has 5 heteroatoms. The third kappa shape index (κ3) is 3.98. The van der Waals surface area contributed by atoms with Crippen LogP contribution in [-0.4, -0.2) is 24.8 Å². The Morgan fingerprint density at radius 1 is 1.24 bits per heavy atom. The normalized spacial score (nSPS) is 11.7. The Morgan fingerprint density at radius 2 is 1.95 bits per heavy atom. The topological polar surface area (TPSA) is 55.8 Å². The van der Waals surface area contributed by atoms with Crippen LogP contribution >= 0.6 is 15.9 Å². The fraction of sp³-hybridized carbons (Fsp3) is 0.188. The molecule has 2 aromatic rings. The summed E-state index contributed by atoms with van der Waals surface area (Å²) in [6, 6.07) is 14.3. The fourth-order valence-electron chi connectivity index (χ4n) is 1.89. The first-order valence-corrected chi connectivity index (χ1v) is 7.15. The molecule has 0 aliphatic heterocycles. The van der Waals surface area contributed by atoms with Gasteiger partial charge in [0.15, 0.2) is 0 Å². The van der Waals surface area contributed by atoms with E-state index in [1.807, 2.05) is 18.2 Å². The van der Waals surface area contributed by atoms with Crippen LogP contribution in [-0.2, 0) is 4.79 Å². The van der Waals surface area contributed by atoms with Crippen molar-refractivity contribution in [3.05, 3.63) is 58.6 Å². The Bertz CT molecular complexity index is 613. The Kier molecular flexibility index (Phi) is 5.22. The second kappa shape index (κ2) is 7.13. The third-order valence-electron chi connectivity index (χ3n) is 3.04. The summed E-state index contributed by atoms with van der Waals surface area (Å²) >= 11 is 3.38. The number of hydrogen-bond acceptors (Lipinski definition) is 3. The number of rotatable bonds is 6. The minimum Gasteiger partial charge on any atom is -0.497 e. The van der Waals surface area contributed by atoms with Crippen LogP contribution in [0, 0.1) is 0 Å². The SMILES string of the molecule is COc1ccc(OCC(C(=O)O)c2ccccc2)c(Br)c1. The van der Waals surface area contributed by atoms with Crippen LogP contribution in [0.3, 0.4) is 0 Å². The number of benzene rings is 2. The molecule has 0 saturated carbocycles. The molecule has 2 rings (SSSR count). The molecule has 0 spiro atoms. The summed E-state index contributed by atoms with van der Waals surface area (Å²) in [6.07, 6.45) is 0. The van der Waals surface area contributed by atoms with Gasteiger partial charge in [0.25, 0.3) is 0 Å². The van der Waals surface area contributed by atoms with Crippen LogP contribution in [0.2, 0.25) is 0 Å². The quantitative estimate of drug-likeness (QED) is 0.862. The second-order valence-electron chi connectivity index (χ2n) is 4.41. The van der Waals surface area contributed by atoms with Crippen molar-refractivity contribution in [2.24, 2.45) is 0 Å². The minimum absolute atomic E-state index is 0.0598. The van der Waals surface area contributed by atoms with Crippen LogP contribution in [0.15, 0.2) is 53.0 Å². The van der Waals surface area contributed by atoms with E-state index in [1.54, 1.807) is 37.4 Å². The molecule has 0 amide bonds. The number of aliphatic carboxylic acids is 1. The summed E-state index contributed by atoms with van der Waals surface area (Å²) < 4.78 is 11.5. The molecule has 1 N–H and O–H groups in total. The number of halogens is 1. The first-order valence-electron chi connectivity index (χ1n) is 6.36. The van der Waals surface area contributed by atoms with Crippen LogP contribution in [0.25, 0.3) is 0 Å². The monoisotopic (exact) mass is 350 g/mol. The minimum atomic E-state index is -0.911. The van der Waals surface area contributed by atoms with Gasteiger partial charge in [0.2, 0.25) is 0 Å². The highest BCUT2D eigenvalue weighted by Crippen LogP contribution is 2.30. The molecule has 0 bridgehead atoms. The van der Waals surface area contributed by atoms with Gasteiger partial charge in [-0.1, -0.05) is 30.3 Å². The molecule has 0 fully saturated rings. The lowest BCUT2D eigenvalue weighted by molar-refractivity contribution is -0.139. The Morgan fingerprint density at radius 3 is 2.52 bits per heavy atom. The van der Waals surface area contributed by atoms with E-state index >= 15 is 0 Å². The molecule has 1 atom stereocenters. The zero-order valence-corrected chi connectivity index (χ0v) is 13.0. The van der Waals surface area contributed by atoms with Crippen molar-refractivity contribution < 1.29 is 19.4 Å². The molecular formula is C16H15BrO4. The Hall–Kier alpha value is -2.01. The Labute approximate surface area is 131 Å². The van der Waals surface area contributed by atoms with Crippen molar-refractivity contribution in [3.63, 3.8) is 0 Å². The van der Waals surface area contributed by atoms with Gasteiger partial charge in [0.1, 0.15) is 24.0 Å². The maximum atomic E-state index is 11.4. The van der Waals surface area contributed by atoms with Crippen LogP contribution < -0.4 is 9.47 Å². The molecule has 0 saturated heterocycles. The molecule has 2 aromatic carbocycles. The molecule has 0 aliphatic rings. The van der Waals surface area contributed by atoms with Gasteiger partial charge in [-0.25, -0.2) is 0 Å². The van der Waals surface area contributed by atoms with E-state index in [-0.39, 0.29) is 6.61 Å². The predicted octanol–water partition coefficient (Wildman–Crippen LogP) is 3.70. The summed E-state index contributed by atoms with van der Waals surface area (Å²) in [4.78, 5) is 11.4. The van der Waals surface area contributed by atoms with Gasteiger partial charge >= 0.3 is 5.97 Å². The average Bonchev–Trinajstić information content (AvgIpc) is 2.49. The third-order valence-corrected chi connectivity index (χ3v) is 3.66. The van der Waals surface area contributed by atoms with E-state index in [9.17, 15) is 9.90 Å². The zero-order valence-electron chi connectivity index (χ0n) is 11.5. The standard InChI is InChI=1S/C16H15BrO4/c1-20-12-7-8-15(14(17)9-12)21-10-13(16(18)19)11-5-3-2-4-6-11/h2-9,13H,10H2,1H3,(H,18,19). The maximum Gasteiger partial charge on any atom is 0.314 e. The number of carboxylic acid groups (broad SMARTS) is 1. The van der Waals surface area contributed by atoms with E-state index in [2.05, 4.69) is 15.9 Å². The van der Waals surface area contributed by atoms with Gasteiger partial charge in [0.05, 0.1) is 11.6 Å². The van der Waals surface area contributed by atoms with Crippen LogP contribution in [0.1, 0.15) is 11.5 Å². The molecule has 0 heterocycles. The fourth-order valence-corrected chi connectivity index (χ4v) is 2.37. The van der Waals surface area contributed by atoms with Crippen molar-refractivity contribution >= 4 is 21.9 Å². The summed E-state index contributed by atoms with van der Waals surface area (Å²) in [5.74, 6) is -0.337. The molecule has 21 heavy (non-hydrogen) atoms. The van der Waals surface area contributed by atoms with E-state index in [1.165, 1.54) is 0 Å². The molecule has 0 aliphatic carbocycles. The van der Waals surface area contributed by atoms with Crippen molar-refractivity contribution in [1.29, 1.82) is 0 Å². The molecule has 0 radical (unpaired) electrons. The summed E-state index contributed by atoms with van der Waals surface area (Å²) in [7, 11) is 1.58. The van der Waals surface area contributed by atoms with E-state index < -0.39 is 11.9 Å². The van der Waals surface area contributed by atoms with Gasteiger partial charge in [0, 0.05) is 0 Å². The van der Waals surface area contributed by atoms with Gasteiger partial charge < -0.3 is 14.6 Å². The smallest absolute Gasteiger partial charge is 0.314 e. The first kappa shape index (κ1) is 15.4. The number of carboxylic acids is 1. The lowest BCUT2D eigenvalue weighted by atomic mass is 10.0.